The third-order valence-corrected chi connectivity index (χ3v) is 5.37. The van der Waals surface area contributed by atoms with Crippen LogP contribution in [0.1, 0.15) is 5.69 Å². The molecule has 1 heterocycles. The monoisotopic (exact) mass is 279 g/mol. The van der Waals surface area contributed by atoms with Gasteiger partial charge in [-0.05, 0) is 6.92 Å². The largest absolute Gasteiger partial charge is 0.468 e. The summed E-state index contributed by atoms with van der Waals surface area (Å²) in [5, 5.41) is 0.174. The number of thiazole rings is 1. The average molecular weight is 279 g/mol. The van der Waals surface area contributed by atoms with Crippen molar-refractivity contribution in [1.29, 1.82) is 0 Å². The Kier molecular flexibility index (Phi) is 4.07. The van der Waals surface area contributed by atoms with Crippen LogP contribution in [0.2, 0.25) is 0 Å². The maximum Gasteiger partial charge on any atom is 0.321 e. The van der Waals surface area contributed by atoms with E-state index in [9.17, 15) is 13.2 Å². The fourth-order valence-corrected chi connectivity index (χ4v) is 3.72. The minimum absolute atomic E-state index is 0.0430. The lowest BCUT2D eigenvalue weighted by atomic mass is 10.6. The highest BCUT2D eigenvalue weighted by atomic mass is 32.2. The van der Waals surface area contributed by atoms with Crippen LogP contribution in [0.4, 0.5) is 5.13 Å². The van der Waals surface area contributed by atoms with Gasteiger partial charge in [-0.15, -0.1) is 0 Å². The highest BCUT2D eigenvalue weighted by Crippen LogP contribution is 2.27. The van der Waals surface area contributed by atoms with Gasteiger partial charge in [0.1, 0.15) is 6.54 Å². The molecule has 0 spiro atoms. The van der Waals surface area contributed by atoms with E-state index in [4.69, 9.17) is 5.73 Å². The highest BCUT2D eigenvalue weighted by Gasteiger charge is 2.27. The maximum absolute atomic E-state index is 12.1. The Morgan fingerprint density at radius 2 is 2.18 bits per heavy atom. The van der Waals surface area contributed by atoms with Crippen LogP contribution in [-0.4, -0.2) is 44.4 Å². The zero-order valence-corrected chi connectivity index (χ0v) is 11.3. The summed E-state index contributed by atoms with van der Waals surface area (Å²) in [6.45, 7) is 1.20. The number of nitrogen functional groups attached to an aromatic ring is 1. The molecule has 7 nitrogen and oxygen atoms in total. The molecule has 0 unspecified atom stereocenters. The van der Waals surface area contributed by atoms with Crippen molar-refractivity contribution in [3.8, 4) is 0 Å². The van der Waals surface area contributed by atoms with Gasteiger partial charge < -0.3 is 10.5 Å². The van der Waals surface area contributed by atoms with Gasteiger partial charge in [-0.3, -0.25) is 4.79 Å². The molecule has 1 rings (SSSR count). The summed E-state index contributed by atoms with van der Waals surface area (Å²) in [6.07, 6.45) is 0. The standard InChI is InChI=1S/C8H13N3O4S2/c1-5-7(16-8(9)10-5)17(13,14)11(2)4-6(12)15-3/h4H2,1-3H3,(H2,9,10). The number of anilines is 1. The first kappa shape index (κ1) is 13.9. The molecule has 0 saturated heterocycles. The van der Waals surface area contributed by atoms with E-state index in [-0.39, 0.29) is 15.9 Å². The highest BCUT2D eigenvalue weighted by molar-refractivity contribution is 7.91. The number of rotatable bonds is 4. The fraction of sp³-hybridized carbons (Fsp3) is 0.500. The van der Waals surface area contributed by atoms with E-state index in [0.29, 0.717) is 5.69 Å². The van der Waals surface area contributed by atoms with Gasteiger partial charge in [0.2, 0.25) is 0 Å². The summed E-state index contributed by atoms with van der Waals surface area (Å²) in [5.74, 6) is -0.633. The van der Waals surface area contributed by atoms with Crippen LogP contribution in [0.3, 0.4) is 0 Å². The topological polar surface area (TPSA) is 103 Å². The molecule has 96 valence electrons. The molecule has 0 aliphatic rings. The van der Waals surface area contributed by atoms with Crippen molar-refractivity contribution < 1.29 is 17.9 Å². The molecule has 0 radical (unpaired) electrons. The number of methoxy groups -OCH3 is 1. The Balaban J connectivity index is 3.03. The van der Waals surface area contributed by atoms with Gasteiger partial charge in [0.25, 0.3) is 10.0 Å². The van der Waals surface area contributed by atoms with E-state index < -0.39 is 16.0 Å². The van der Waals surface area contributed by atoms with Crippen LogP contribution < -0.4 is 5.73 Å². The summed E-state index contributed by atoms with van der Waals surface area (Å²) in [6, 6.07) is 0. The molecule has 9 heteroatoms. The van der Waals surface area contributed by atoms with Gasteiger partial charge >= 0.3 is 5.97 Å². The van der Waals surface area contributed by atoms with E-state index in [1.54, 1.807) is 6.92 Å². The maximum atomic E-state index is 12.1. The lowest BCUT2D eigenvalue weighted by molar-refractivity contribution is -0.140. The average Bonchev–Trinajstić information content (AvgIpc) is 2.58. The molecule has 2 N–H and O–H groups in total. The smallest absolute Gasteiger partial charge is 0.321 e. The minimum atomic E-state index is -3.75. The second-order valence-electron chi connectivity index (χ2n) is 3.26. The number of nitrogens with zero attached hydrogens (tertiary/aromatic N) is 2. The Morgan fingerprint density at radius 1 is 1.59 bits per heavy atom. The molecule has 0 atom stereocenters. The van der Waals surface area contributed by atoms with Crippen molar-refractivity contribution >= 4 is 32.5 Å². The second kappa shape index (κ2) is 4.98. The van der Waals surface area contributed by atoms with Crippen LogP contribution in [0.25, 0.3) is 0 Å². The Labute approximate surface area is 103 Å². The van der Waals surface area contributed by atoms with E-state index >= 15 is 0 Å². The molecule has 0 aliphatic carbocycles. The van der Waals surface area contributed by atoms with Gasteiger partial charge in [0.05, 0.1) is 12.8 Å². The number of hydrogen-bond acceptors (Lipinski definition) is 7. The molecule has 1 aromatic heterocycles. The Bertz CT molecular complexity index is 523. The zero-order valence-electron chi connectivity index (χ0n) is 9.63. The number of nitrogens with two attached hydrogens (primary N) is 1. The number of carbonyl (C=O) groups excluding carboxylic acids is 1. The van der Waals surface area contributed by atoms with Crippen LogP contribution in [0, 0.1) is 6.92 Å². The summed E-state index contributed by atoms with van der Waals surface area (Å²) in [7, 11) is -1.26. The van der Waals surface area contributed by atoms with Crippen molar-refractivity contribution in [3.63, 3.8) is 0 Å². The SMILES string of the molecule is COC(=O)CN(C)S(=O)(=O)c1sc(N)nc1C. The fourth-order valence-electron chi connectivity index (χ4n) is 1.11. The number of esters is 1. The number of aryl methyl sites for hydroxylation is 1. The minimum Gasteiger partial charge on any atom is -0.468 e. The van der Waals surface area contributed by atoms with Crippen LogP contribution in [-0.2, 0) is 19.6 Å². The molecule has 0 aliphatic heterocycles. The molecule has 1 aromatic rings. The van der Waals surface area contributed by atoms with Gasteiger partial charge in [0, 0.05) is 7.05 Å². The Hall–Kier alpha value is -1.19. The van der Waals surface area contributed by atoms with Crippen molar-refractivity contribution in [3.05, 3.63) is 5.69 Å². The quantitative estimate of drug-likeness (QED) is 0.767. The predicted molar refractivity (Wildman–Crippen MR) is 63.1 cm³/mol. The molecule has 17 heavy (non-hydrogen) atoms. The van der Waals surface area contributed by atoms with Crippen molar-refractivity contribution in [2.45, 2.75) is 11.1 Å². The lowest BCUT2D eigenvalue weighted by Gasteiger charge is -2.14. The first-order valence-corrected chi connectivity index (χ1v) is 6.80. The zero-order chi connectivity index (χ0) is 13.2. The van der Waals surface area contributed by atoms with E-state index in [1.165, 1.54) is 14.2 Å². The molecule has 0 aromatic carbocycles. The van der Waals surface area contributed by atoms with Crippen LogP contribution in [0.15, 0.2) is 4.21 Å². The number of sulfonamides is 1. The van der Waals surface area contributed by atoms with Gasteiger partial charge in [0.15, 0.2) is 9.34 Å². The predicted octanol–water partition coefficient (Wildman–Crippen LogP) is -0.173. The van der Waals surface area contributed by atoms with Crippen molar-refractivity contribution in [2.75, 3.05) is 26.4 Å². The van der Waals surface area contributed by atoms with E-state index in [2.05, 4.69) is 9.72 Å². The van der Waals surface area contributed by atoms with Crippen LogP contribution >= 0.6 is 11.3 Å². The number of hydrogen-bond donors (Lipinski definition) is 1. The summed E-state index contributed by atoms with van der Waals surface area (Å²) >= 11 is 0.869. The first-order chi connectivity index (χ1) is 7.78. The van der Waals surface area contributed by atoms with Crippen LogP contribution in [0.5, 0.6) is 0 Å². The number of aromatic nitrogens is 1. The molecule has 0 saturated carbocycles. The van der Waals surface area contributed by atoms with Gasteiger partial charge in [-0.1, -0.05) is 11.3 Å². The third kappa shape index (κ3) is 2.93. The normalized spacial score (nSPS) is 11.8. The number of likely N-dealkylation sites (N-methyl/N-ethyl adjacent to an activating group) is 1. The second-order valence-corrected chi connectivity index (χ2v) is 6.53. The van der Waals surface area contributed by atoms with Crippen molar-refractivity contribution in [2.24, 2.45) is 0 Å². The first-order valence-electron chi connectivity index (χ1n) is 4.55. The molecule has 0 bridgehead atoms. The molecular weight excluding hydrogens is 266 g/mol. The molecule has 0 amide bonds. The Morgan fingerprint density at radius 3 is 2.59 bits per heavy atom. The number of carbonyl (C=O) groups is 1. The van der Waals surface area contributed by atoms with Crippen molar-refractivity contribution in [1.82, 2.24) is 9.29 Å². The summed E-state index contributed by atoms with van der Waals surface area (Å²) in [4.78, 5) is 14.9. The van der Waals surface area contributed by atoms with Gasteiger partial charge in [-0.25, -0.2) is 13.4 Å². The molecule has 0 fully saturated rings. The summed E-state index contributed by atoms with van der Waals surface area (Å²) < 4.78 is 29.5. The third-order valence-electron chi connectivity index (χ3n) is 1.99. The van der Waals surface area contributed by atoms with E-state index in [1.807, 2.05) is 0 Å². The van der Waals surface area contributed by atoms with Gasteiger partial charge in [-0.2, -0.15) is 4.31 Å². The molecular formula is C8H13N3O4S2. The number of ether oxygens (including phenoxy) is 1. The van der Waals surface area contributed by atoms with E-state index in [0.717, 1.165) is 15.6 Å². The summed E-state index contributed by atoms with van der Waals surface area (Å²) in [5.41, 5.74) is 5.76. The lowest BCUT2D eigenvalue weighted by Crippen LogP contribution is -2.32.